The van der Waals surface area contributed by atoms with Gasteiger partial charge in [0, 0.05) is 18.5 Å². The summed E-state index contributed by atoms with van der Waals surface area (Å²) in [5.41, 5.74) is 2.88. The molecule has 0 fully saturated rings. The van der Waals surface area contributed by atoms with Crippen LogP contribution >= 0.6 is 0 Å². The molecule has 148 valence electrons. The Bertz CT molecular complexity index is 1060. The van der Waals surface area contributed by atoms with Gasteiger partial charge in [0.15, 0.2) is 5.69 Å². The SMILES string of the molecule is CCOC(=O)c1nn(-c2ccccc2)c2c1CN(C(=O)c1ccccc1O)CC2. The third kappa shape index (κ3) is 3.47. The highest BCUT2D eigenvalue weighted by molar-refractivity contribution is 5.97. The molecule has 1 amide bonds. The number of phenols is 1. The molecular weight excluding hydrogens is 370 g/mol. The number of rotatable bonds is 4. The number of esters is 1. The lowest BCUT2D eigenvalue weighted by atomic mass is 10.0. The van der Waals surface area contributed by atoms with Crippen LogP contribution in [0.2, 0.25) is 0 Å². The number of hydrogen-bond donors (Lipinski definition) is 1. The second-order valence-electron chi connectivity index (χ2n) is 6.74. The fraction of sp³-hybridized carbons (Fsp3) is 0.227. The molecule has 0 atom stereocenters. The van der Waals surface area contributed by atoms with Gasteiger partial charge in [0.1, 0.15) is 5.75 Å². The maximum atomic E-state index is 12.9. The van der Waals surface area contributed by atoms with Gasteiger partial charge in [-0.2, -0.15) is 5.10 Å². The Morgan fingerprint density at radius 1 is 1.10 bits per heavy atom. The van der Waals surface area contributed by atoms with Gasteiger partial charge in [0.05, 0.1) is 30.1 Å². The number of nitrogens with zero attached hydrogens (tertiary/aromatic N) is 3. The predicted octanol–water partition coefficient (Wildman–Crippen LogP) is 2.95. The Kier molecular flexibility index (Phi) is 5.03. The number of aromatic hydroxyl groups is 1. The molecule has 29 heavy (non-hydrogen) atoms. The molecule has 0 saturated heterocycles. The summed E-state index contributed by atoms with van der Waals surface area (Å²) in [4.78, 5) is 27.1. The number of carbonyl (C=O) groups excluding carboxylic acids is 2. The summed E-state index contributed by atoms with van der Waals surface area (Å²) in [5.74, 6) is -0.847. The van der Waals surface area contributed by atoms with Gasteiger partial charge in [-0.25, -0.2) is 9.48 Å². The average molecular weight is 391 g/mol. The van der Waals surface area contributed by atoms with E-state index in [9.17, 15) is 14.7 Å². The minimum absolute atomic E-state index is 0.0612. The van der Waals surface area contributed by atoms with E-state index in [4.69, 9.17) is 4.74 Å². The van der Waals surface area contributed by atoms with E-state index in [1.807, 2.05) is 30.3 Å². The third-order valence-corrected chi connectivity index (χ3v) is 4.95. The van der Waals surface area contributed by atoms with Crippen molar-refractivity contribution in [3.63, 3.8) is 0 Å². The van der Waals surface area contributed by atoms with Crippen LogP contribution in [0.3, 0.4) is 0 Å². The largest absolute Gasteiger partial charge is 0.507 e. The zero-order valence-corrected chi connectivity index (χ0v) is 16.0. The molecule has 0 unspecified atom stereocenters. The first-order valence-electron chi connectivity index (χ1n) is 9.50. The van der Waals surface area contributed by atoms with Crippen molar-refractivity contribution in [1.29, 1.82) is 0 Å². The van der Waals surface area contributed by atoms with E-state index < -0.39 is 5.97 Å². The van der Waals surface area contributed by atoms with Gasteiger partial charge < -0.3 is 14.7 Å². The van der Waals surface area contributed by atoms with Gasteiger partial charge in [-0.3, -0.25) is 4.79 Å². The first-order chi connectivity index (χ1) is 14.1. The lowest BCUT2D eigenvalue weighted by molar-refractivity contribution is 0.0513. The Labute approximate surface area is 168 Å². The van der Waals surface area contributed by atoms with Crippen LogP contribution in [0.1, 0.15) is 39.0 Å². The molecule has 1 aliphatic heterocycles. The van der Waals surface area contributed by atoms with Gasteiger partial charge >= 0.3 is 5.97 Å². The molecule has 1 aromatic heterocycles. The van der Waals surface area contributed by atoms with Crippen LogP contribution in [0.15, 0.2) is 54.6 Å². The number of ether oxygens (including phenoxy) is 1. The second-order valence-corrected chi connectivity index (χ2v) is 6.74. The van der Waals surface area contributed by atoms with Crippen LogP contribution in [0.4, 0.5) is 0 Å². The van der Waals surface area contributed by atoms with E-state index in [-0.39, 0.29) is 36.1 Å². The standard InChI is InChI=1S/C22H21N3O4/c1-2-29-22(28)20-17-14-24(21(27)16-10-6-7-11-19(16)26)13-12-18(17)25(23-20)15-8-4-3-5-9-15/h3-11,26H,2,12-14H2,1H3. The van der Waals surface area contributed by atoms with Crippen molar-refractivity contribution in [1.82, 2.24) is 14.7 Å². The van der Waals surface area contributed by atoms with Crippen LogP contribution < -0.4 is 0 Å². The van der Waals surface area contributed by atoms with Gasteiger partial charge in [0.25, 0.3) is 5.91 Å². The summed E-state index contributed by atoms with van der Waals surface area (Å²) in [6.07, 6.45) is 0.538. The minimum atomic E-state index is -0.504. The maximum Gasteiger partial charge on any atom is 0.359 e. The lowest BCUT2D eigenvalue weighted by Crippen LogP contribution is -2.36. The number of carbonyl (C=O) groups is 2. The Balaban J connectivity index is 1.73. The number of phenolic OH excluding ortho intramolecular Hbond substituents is 1. The molecule has 0 aliphatic carbocycles. The molecule has 2 aromatic carbocycles. The summed E-state index contributed by atoms with van der Waals surface area (Å²) >= 11 is 0. The number of fused-ring (bicyclic) bond motifs is 1. The van der Waals surface area contributed by atoms with Crippen LogP contribution in [-0.2, 0) is 17.7 Å². The smallest absolute Gasteiger partial charge is 0.359 e. The van der Waals surface area contributed by atoms with E-state index in [0.29, 0.717) is 18.5 Å². The van der Waals surface area contributed by atoms with Crippen molar-refractivity contribution in [3.05, 3.63) is 77.1 Å². The highest BCUT2D eigenvalue weighted by atomic mass is 16.5. The quantitative estimate of drug-likeness (QED) is 0.691. The van der Waals surface area contributed by atoms with Crippen molar-refractivity contribution in [2.45, 2.75) is 19.9 Å². The number of amides is 1. The molecule has 0 bridgehead atoms. The number of aromatic nitrogens is 2. The van der Waals surface area contributed by atoms with Gasteiger partial charge in [-0.05, 0) is 31.2 Å². The highest BCUT2D eigenvalue weighted by Gasteiger charge is 2.32. The number of para-hydroxylation sites is 2. The van der Waals surface area contributed by atoms with Crippen LogP contribution in [-0.4, -0.2) is 44.8 Å². The second kappa shape index (κ2) is 7.79. The molecule has 0 spiro atoms. The normalized spacial score (nSPS) is 13.1. The van der Waals surface area contributed by atoms with E-state index in [1.54, 1.807) is 34.7 Å². The summed E-state index contributed by atoms with van der Waals surface area (Å²) < 4.78 is 6.94. The molecular formula is C22H21N3O4. The minimum Gasteiger partial charge on any atom is -0.507 e. The number of hydrogen-bond acceptors (Lipinski definition) is 5. The molecule has 3 aromatic rings. The lowest BCUT2D eigenvalue weighted by Gasteiger charge is -2.28. The summed E-state index contributed by atoms with van der Waals surface area (Å²) in [5, 5.41) is 14.6. The first-order valence-corrected chi connectivity index (χ1v) is 9.50. The number of benzene rings is 2. The molecule has 7 heteroatoms. The van der Waals surface area contributed by atoms with Crippen LogP contribution in [0.25, 0.3) is 5.69 Å². The molecule has 1 aliphatic rings. The monoisotopic (exact) mass is 391 g/mol. The Hall–Kier alpha value is -3.61. The summed E-state index contributed by atoms with van der Waals surface area (Å²) in [6.45, 7) is 2.67. The molecule has 4 rings (SSSR count). The van der Waals surface area contributed by atoms with Gasteiger partial charge in [-0.15, -0.1) is 0 Å². The fourth-order valence-electron chi connectivity index (χ4n) is 3.56. The van der Waals surface area contributed by atoms with Crippen molar-refractivity contribution >= 4 is 11.9 Å². The van der Waals surface area contributed by atoms with Gasteiger partial charge in [-0.1, -0.05) is 30.3 Å². The maximum absolute atomic E-state index is 12.9. The van der Waals surface area contributed by atoms with E-state index in [0.717, 1.165) is 11.4 Å². The zero-order chi connectivity index (χ0) is 20.4. The average Bonchev–Trinajstić information content (AvgIpc) is 3.13. The van der Waals surface area contributed by atoms with Crippen molar-refractivity contribution < 1.29 is 19.4 Å². The molecule has 7 nitrogen and oxygen atoms in total. The zero-order valence-electron chi connectivity index (χ0n) is 16.0. The van der Waals surface area contributed by atoms with E-state index >= 15 is 0 Å². The predicted molar refractivity (Wildman–Crippen MR) is 106 cm³/mol. The van der Waals surface area contributed by atoms with Crippen molar-refractivity contribution in [2.24, 2.45) is 0 Å². The molecule has 0 saturated carbocycles. The Morgan fingerprint density at radius 3 is 2.55 bits per heavy atom. The fourth-order valence-corrected chi connectivity index (χ4v) is 3.56. The van der Waals surface area contributed by atoms with Gasteiger partial charge in [0.2, 0.25) is 0 Å². The van der Waals surface area contributed by atoms with E-state index in [2.05, 4.69) is 5.10 Å². The molecule has 1 N–H and O–H groups in total. The highest BCUT2D eigenvalue weighted by Crippen LogP contribution is 2.28. The topological polar surface area (TPSA) is 84.7 Å². The first kappa shape index (κ1) is 18.7. The van der Waals surface area contributed by atoms with Crippen molar-refractivity contribution in [3.8, 4) is 11.4 Å². The Morgan fingerprint density at radius 2 is 1.83 bits per heavy atom. The van der Waals surface area contributed by atoms with E-state index in [1.165, 1.54) is 6.07 Å². The molecule has 2 heterocycles. The van der Waals surface area contributed by atoms with Crippen LogP contribution in [0, 0.1) is 0 Å². The summed E-state index contributed by atoms with van der Waals surface area (Å²) in [7, 11) is 0. The third-order valence-electron chi connectivity index (χ3n) is 4.95. The molecule has 0 radical (unpaired) electrons. The summed E-state index contributed by atoms with van der Waals surface area (Å²) in [6, 6.07) is 16.0. The van der Waals surface area contributed by atoms with Crippen LogP contribution in [0.5, 0.6) is 5.75 Å². The van der Waals surface area contributed by atoms with Crippen molar-refractivity contribution in [2.75, 3.05) is 13.2 Å².